The van der Waals surface area contributed by atoms with Gasteiger partial charge in [0, 0.05) is 28.2 Å². The van der Waals surface area contributed by atoms with Crippen LogP contribution >= 0.6 is 48.0 Å². The number of rotatable bonds is 13. The maximum Gasteiger partial charge on any atom is 0.220 e. The number of thiocarbonyl (C=S) groups is 2. The van der Waals surface area contributed by atoms with Crippen molar-refractivity contribution >= 4 is 56.7 Å². The molecule has 0 bridgehead atoms. The fourth-order valence-corrected chi connectivity index (χ4v) is 5.51. The van der Waals surface area contributed by atoms with E-state index in [-0.39, 0.29) is 0 Å². The largest absolute Gasteiger partial charge is 0.493 e. The number of unbranched alkanes of at least 4 members (excludes halogenated alkanes) is 1. The van der Waals surface area contributed by atoms with E-state index in [0.717, 1.165) is 34.4 Å². The topological polar surface area (TPSA) is 27.7 Å². The molecule has 0 heterocycles. The molecule has 0 saturated heterocycles. The van der Waals surface area contributed by atoms with Crippen molar-refractivity contribution in [2.75, 3.05) is 19.8 Å². The Morgan fingerprint density at radius 2 is 1.51 bits per heavy atom. The van der Waals surface area contributed by atoms with Crippen LogP contribution in [0.3, 0.4) is 0 Å². The van der Waals surface area contributed by atoms with E-state index in [4.69, 9.17) is 38.6 Å². The minimum Gasteiger partial charge on any atom is -0.493 e. The Bertz CT molecular complexity index is 1040. The van der Waals surface area contributed by atoms with Gasteiger partial charge in [0.2, 0.25) is 8.77 Å². The van der Waals surface area contributed by atoms with Crippen LogP contribution in [-0.4, -0.2) is 28.6 Å². The van der Waals surface area contributed by atoms with Crippen molar-refractivity contribution in [3.8, 4) is 17.6 Å². The van der Waals surface area contributed by atoms with Gasteiger partial charge in [0.25, 0.3) is 0 Å². The van der Waals surface area contributed by atoms with E-state index < -0.39 is 0 Å². The molecule has 37 heavy (non-hydrogen) atoms. The molecule has 1 atom stereocenters. The number of ether oxygens (including phenoxy) is 3. The summed E-state index contributed by atoms with van der Waals surface area (Å²) in [5, 5.41) is 0. The van der Waals surface area contributed by atoms with Crippen LogP contribution in [0.25, 0.3) is 0 Å². The van der Waals surface area contributed by atoms with E-state index in [2.05, 4.69) is 37.8 Å². The second-order valence-corrected chi connectivity index (χ2v) is 11.6. The summed E-state index contributed by atoms with van der Waals surface area (Å²) >= 11 is 13.8. The van der Waals surface area contributed by atoms with Crippen LogP contribution < -0.4 is 4.74 Å². The van der Waals surface area contributed by atoms with E-state index in [1.165, 1.54) is 42.8 Å². The normalized spacial score (nSPS) is 11.2. The highest BCUT2D eigenvalue weighted by Crippen LogP contribution is 2.31. The first kappa shape index (κ1) is 31.5. The van der Waals surface area contributed by atoms with Gasteiger partial charge in [-0.3, -0.25) is 0 Å². The monoisotopic (exact) mass is 574 g/mol. The summed E-state index contributed by atoms with van der Waals surface area (Å²) in [7, 11) is 0. The summed E-state index contributed by atoms with van der Waals surface area (Å²) in [6, 6.07) is 14.3. The molecule has 0 saturated carbocycles. The molecule has 0 fully saturated rings. The minimum absolute atomic E-state index is 0.533. The van der Waals surface area contributed by atoms with E-state index in [0.29, 0.717) is 46.0 Å². The first-order valence-electron chi connectivity index (χ1n) is 12.9. The lowest BCUT2D eigenvalue weighted by molar-refractivity contribution is 0.232. The van der Waals surface area contributed by atoms with Gasteiger partial charge >= 0.3 is 0 Å². The number of hydrogen-bond donors (Lipinski definition) is 0. The predicted molar refractivity (Wildman–Crippen MR) is 169 cm³/mol. The molecule has 1 unspecified atom stereocenters. The summed E-state index contributed by atoms with van der Waals surface area (Å²) in [5.74, 6) is 9.43. The Morgan fingerprint density at radius 3 is 2.11 bits per heavy atom. The molecule has 2 rings (SSSR count). The lowest BCUT2D eigenvalue weighted by atomic mass is 10.0. The zero-order valence-electron chi connectivity index (χ0n) is 22.3. The van der Waals surface area contributed by atoms with Crippen LogP contribution in [0.2, 0.25) is 0 Å². The standard InChI is InChI=1S/C30H38O3S4/c1-5-9-13-23(6-2)20-33-28-19-26(21-36-29(34)31-7-3)25(17-16-24-14-11-10-12-15-24)18-27(28)22-37-30(35)32-8-4/h10-12,14-15,18-19,23H,5-9,13,20-22H2,1-4H3. The minimum atomic E-state index is 0.533. The molecular weight excluding hydrogens is 537 g/mol. The number of thioether (sulfide) groups is 2. The highest BCUT2D eigenvalue weighted by atomic mass is 32.2. The fraction of sp³-hybridized carbons (Fsp3) is 0.467. The van der Waals surface area contributed by atoms with Crippen LogP contribution in [-0.2, 0) is 21.0 Å². The van der Waals surface area contributed by atoms with Gasteiger partial charge in [0.15, 0.2) is 0 Å². The van der Waals surface area contributed by atoms with E-state index in [9.17, 15) is 0 Å². The van der Waals surface area contributed by atoms with Crippen LogP contribution in [0.5, 0.6) is 5.75 Å². The van der Waals surface area contributed by atoms with E-state index >= 15 is 0 Å². The summed E-state index contributed by atoms with van der Waals surface area (Å²) in [5.41, 5.74) is 4.07. The maximum absolute atomic E-state index is 6.47. The molecular formula is C30H38O3S4. The third-order valence-corrected chi connectivity index (χ3v) is 8.20. The Hall–Kier alpha value is -1.72. The predicted octanol–water partition coefficient (Wildman–Crippen LogP) is 8.79. The Balaban J connectivity index is 2.42. The van der Waals surface area contributed by atoms with Crippen molar-refractivity contribution in [1.82, 2.24) is 0 Å². The molecule has 0 aliphatic carbocycles. The van der Waals surface area contributed by atoms with Crippen molar-refractivity contribution in [2.24, 2.45) is 5.92 Å². The molecule has 2 aromatic rings. The Labute approximate surface area is 242 Å². The van der Waals surface area contributed by atoms with Gasteiger partial charge in [-0.05, 0) is 80.5 Å². The molecule has 0 aliphatic heterocycles. The number of hydrogen-bond acceptors (Lipinski definition) is 7. The van der Waals surface area contributed by atoms with Crippen molar-refractivity contribution in [3.05, 3.63) is 64.7 Å². The summed E-state index contributed by atoms with van der Waals surface area (Å²) in [4.78, 5) is 0. The fourth-order valence-electron chi connectivity index (χ4n) is 3.51. The molecule has 3 nitrogen and oxygen atoms in total. The average molecular weight is 575 g/mol. The average Bonchev–Trinajstić information content (AvgIpc) is 2.91. The molecule has 0 N–H and O–H groups in total. The smallest absolute Gasteiger partial charge is 0.220 e. The van der Waals surface area contributed by atoms with Gasteiger partial charge in [-0.1, -0.05) is 86.7 Å². The highest BCUT2D eigenvalue weighted by Gasteiger charge is 2.15. The molecule has 2 aromatic carbocycles. The van der Waals surface area contributed by atoms with Crippen molar-refractivity contribution < 1.29 is 14.2 Å². The van der Waals surface area contributed by atoms with Crippen LogP contribution in [0.4, 0.5) is 0 Å². The van der Waals surface area contributed by atoms with Crippen LogP contribution in [0, 0.1) is 17.8 Å². The molecule has 0 radical (unpaired) electrons. The zero-order chi connectivity index (χ0) is 26.9. The van der Waals surface area contributed by atoms with Gasteiger partial charge in [0.05, 0.1) is 19.8 Å². The van der Waals surface area contributed by atoms with E-state index in [1.54, 1.807) is 0 Å². The maximum atomic E-state index is 6.47. The molecule has 0 spiro atoms. The first-order valence-corrected chi connectivity index (χ1v) is 15.7. The zero-order valence-corrected chi connectivity index (χ0v) is 25.6. The van der Waals surface area contributed by atoms with Crippen LogP contribution in [0.15, 0.2) is 42.5 Å². The van der Waals surface area contributed by atoms with Gasteiger partial charge in [-0.2, -0.15) is 0 Å². The summed E-state index contributed by atoms with van der Waals surface area (Å²) in [6.45, 7) is 10.2. The summed E-state index contributed by atoms with van der Waals surface area (Å²) < 4.78 is 18.6. The third kappa shape index (κ3) is 12.1. The first-order chi connectivity index (χ1) is 18.0. The lowest BCUT2D eigenvalue weighted by Crippen LogP contribution is -2.12. The second-order valence-electron chi connectivity index (χ2n) is 8.40. The molecule has 0 aliphatic rings. The highest BCUT2D eigenvalue weighted by molar-refractivity contribution is 8.22. The molecule has 7 heteroatoms. The lowest BCUT2D eigenvalue weighted by Gasteiger charge is -2.19. The second kappa shape index (κ2) is 18.5. The van der Waals surface area contributed by atoms with Crippen molar-refractivity contribution in [2.45, 2.75) is 64.9 Å². The van der Waals surface area contributed by atoms with Crippen molar-refractivity contribution in [3.63, 3.8) is 0 Å². The Morgan fingerprint density at radius 1 is 0.865 bits per heavy atom. The van der Waals surface area contributed by atoms with Gasteiger partial charge < -0.3 is 14.2 Å². The van der Waals surface area contributed by atoms with Crippen LogP contribution in [0.1, 0.15) is 75.6 Å². The molecule has 0 aromatic heterocycles. The van der Waals surface area contributed by atoms with Gasteiger partial charge in [0.1, 0.15) is 5.75 Å². The summed E-state index contributed by atoms with van der Waals surface area (Å²) in [6.07, 6.45) is 4.70. The molecule has 0 amide bonds. The Kier molecular flexibility index (Phi) is 15.8. The molecule has 200 valence electrons. The van der Waals surface area contributed by atoms with Gasteiger partial charge in [-0.15, -0.1) is 0 Å². The third-order valence-electron chi connectivity index (χ3n) is 5.63. The van der Waals surface area contributed by atoms with Gasteiger partial charge in [-0.25, -0.2) is 0 Å². The van der Waals surface area contributed by atoms with Crippen molar-refractivity contribution in [1.29, 1.82) is 0 Å². The number of benzene rings is 2. The quantitative estimate of drug-likeness (QED) is 0.174. The SMILES string of the molecule is CCCCC(CC)COc1cc(CSC(=S)OCC)c(C#Cc2ccccc2)cc1CSC(=S)OCC. The van der Waals surface area contributed by atoms with E-state index in [1.807, 2.05) is 44.2 Å².